The summed E-state index contributed by atoms with van der Waals surface area (Å²) in [5, 5.41) is 4.32. The van der Waals surface area contributed by atoms with Crippen molar-refractivity contribution in [3.05, 3.63) is 35.0 Å². The number of amides is 2. The molecule has 4 saturated heterocycles. The predicted octanol–water partition coefficient (Wildman–Crippen LogP) is 3.97. The molecule has 5 aliphatic heterocycles. The van der Waals surface area contributed by atoms with Gasteiger partial charge in [0.1, 0.15) is 23.0 Å². The van der Waals surface area contributed by atoms with Crippen molar-refractivity contribution in [3.63, 3.8) is 0 Å². The van der Waals surface area contributed by atoms with Gasteiger partial charge in [0.15, 0.2) is 5.54 Å². The number of carbonyl (C=O) groups is 2. The molecule has 4 atom stereocenters. The Hall–Kier alpha value is -2.80. The van der Waals surface area contributed by atoms with Crippen molar-refractivity contribution in [1.29, 1.82) is 0 Å². The van der Waals surface area contributed by atoms with Gasteiger partial charge >= 0.3 is 0 Å². The number of H-pyrrole nitrogens is 1. The Morgan fingerprint density at radius 2 is 2.00 bits per heavy atom. The van der Waals surface area contributed by atoms with E-state index in [2.05, 4.69) is 42.4 Å². The smallest absolute Gasteiger partial charge is 0.252 e. The van der Waals surface area contributed by atoms with Crippen molar-refractivity contribution < 1.29 is 19.1 Å². The van der Waals surface area contributed by atoms with Crippen LogP contribution in [0.15, 0.2) is 18.2 Å². The lowest BCUT2D eigenvalue weighted by atomic mass is 9.50. The summed E-state index contributed by atoms with van der Waals surface area (Å²) in [6.45, 7) is 11.6. The molecule has 8 rings (SSSR count). The maximum absolute atomic E-state index is 14.3. The zero-order chi connectivity index (χ0) is 24.5. The summed E-state index contributed by atoms with van der Waals surface area (Å²) in [5.41, 5.74) is 1.54. The Bertz CT molecular complexity index is 1350. The van der Waals surface area contributed by atoms with Gasteiger partial charge in [0.2, 0.25) is 5.91 Å². The predicted molar refractivity (Wildman–Crippen MR) is 132 cm³/mol. The fourth-order valence-electron chi connectivity index (χ4n) is 7.92. The van der Waals surface area contributed by atoms with Crippen LogP contribution in [-0.2, 0) is 19.7 Å². The van der Waals surface area contributed by atoms with Crippen LogP contribution in [0.1, 0.15) is 76.8 Å². The number of nitrogens with one attached hydrogen (secondary N) is 2. The van der Waals surface area contributed by atoms with Crippen molar-refractivity contribution in [2.45, 2.75) is 82.1 Å². The molecule has 2 spiro atoms. The van der Waals surface area contributed by atoms with E-state index >= 15 is 0 Å². The van der Waals surface area contributed by atoms with Crippen LogP contribution in [0.3, 0.4) is 0 Å². The van der Waals surface area contributed by atoms with E-state index in [0.717, 1.165) is 46.3 Å². The molecule has 4 fully saturated rings. The van der Waals surface area contributed by atoms with Gasteiger partial charge in [0.05, 0.1) is 5.52 Å². The standard InChI is InChI=1S/C28H33N3O4/c1-6-34-22-19-16-8-9-17-15(10-12-25(2,3)35-17)20(16)29-21(19)26(4,5)18-14-27-11-7-13-31(27)24(33)28(18,22)30-23(27)32/h8-10,12,18,22,29H,6-7,11,13-14H2,1-5H3,(H,30,32)/t18-,22-,27-,28+/m0/s1. The number of hydrogen-bond acceptors (Lipinski definition) is 4. The molecule has 184 valence electrons. The highest BCUT2D eigenvalue weighted by Crippen LogP contribution is 2.63. The van der Waals surface area contributed by atoms with E-state index in [-0.39, 0.29) is 28.7 Å². The minimum absolute atomic E-state index is 0.00871. The summed E-state index contributed by atoms with van der Waals surface area (Å²) in [4.78, 5) is 33.5. The zero-order valence-electron chi connectivity index (χ0n) is 21.1. The van der Waals surface area contributed by atoms with E-state index < -0.39 is 17.2 Å². The molecule has 6 heterocycles. The quantitative estimate of drug-likeness (QED) is 0.689. The highest BCUT2D eigenvalue weighted by atomic mass is 16.5. The second-order valence-electron chi connectivity index (χ2n) is 12.1. The van der Waals surface area contributed by atoms with Gasteiger partial charge in [0.25, 0.3) is 5.91 Å². The molecule has 7 heteroatoms. The van der Waals surface area contributed by atoms with Gasteiger partial charge in [0, 0.05) is 46.7 Å². The fourth-order valence-corrected chi connectivity index (χ4v) is 7.92. The molecule has 2 aromatic rings. The van der Waals surface area contributed by atoms with Crippen LogP contribution in [0, 0.1) is 5.92 Å². The van der Waals surface area contributed by atoms with Crippen molar-refractivity contribution in [2.24, 2.45) is 5.92 Å². The molecule has 7 nitrogen and oxygen atoms in total. The number of ether oxygens (including phenoxy) is 2. The van der Waals surface area contributed by atoms with Crippen molar-refractivity contribution >= 4 is 28.8 Å². The first-order valence-corrected chi connectivity index (χ1v) is 12.9. The lowest BCUT2D eigenvalue weighted by Crippen LogP contribution is -2.85. The number of aromatic amines is 1. The zero-order valence-corrected chi connectivity index (χ0v) is 21.1. The van der Waals surface area contributed by atoms with E-state index in [1.165, 1.54) is 0 Å². The summed E-state index contributed by atoms with van der Waals surface area (Å²) in [6, 6.07) is 4.10. The third kappa shape index (κ3) is 2.31. The molecular weight excluding hydrogens is 442 g/mol. The van der Waals surface area contributed by atoms with Crippen molar-refractivity contribution in [2.75, 3.05) is 13.2 Å². The fraction of sp³-hybridized carbons (Fsp3) is 0.571. The van der Waals surface area contributed by atoms with Crippen LogP contribution < -0.4 is 10.1 Å². The van der Waals surface area contributed by atoms with Gasteiger partial charge < -0.3 is 24.7 Å². The van der Waals surface area contributed by atoms with Gasteiger partial charge in [-0.3, -0.25) is 9.59 Å². The molecule has 0 saturated carbocycles. The van der Waals surface area contributed by atoms with Gasteiger partial charge in [-0.05, 0) is 64.3 Å². The molecule has 1 aromatic carbocycles. The number of carbonyl (C=O) groups excluding carboxylic acids is 2. The summed E-state index contributed by atoms with van der Waals surface area (Å²) in [6.07, 6.45) is 5.92. The Balaban J connectivity index is 1.52. The lowest BCUT2D eigenvalue weighted by molar-refractivity contribution is -0.195. The number of fused-ring (bicyclic) bond motifs is 6. The van der Waals surface area contributed by atoms with Gasteiger partial charge in [-0.15, -0.1) is 0 Å². The average molecular weight is 476 g/mol. The molecule has 2 N–H and O–H groups in total. The summed E-state index contributed by atoms with van der Waals surface area (Å²) >= 11 is 0. The number of nitrogens with zero attached hydrogens (tertiary/aromatic N) is 1. The number of benzene rings is 1. The van der Waals surface area contributed by atoms with E-state index in [9.17, 15) is 9.59 Å². The highest BCUT2D eigenvalue weighted by Gasteiger charge is 2.76. The van der Waals surface area contributed by atoms with Crippen LogP contribution in [0.5, 0.6) is 5.75 Å². The van der Waals surface area contributed by atoms with Crippen LogP contribution in [0.2, 0.25) is 0 Å². The van der Waals surface area contributed by atoms with Gasteiger partial charge in [-0.25, -0.2) is 0 Å². The lowest BCUT2D eigenvalue weighted by Gasteiger charge is -2.65. The Labute approximate surface area is 205 Å². The molecular formula is C28H33N3O4. The number of piperidine rings is 2. The van der Waals surface area contributed by atoms with Crippen LogP contribution >= 0.6 is 0 Å². The Morgan fingerprint density at radius 3 is 2.77 bits per heavy atom. The van der Waals surface area contributed by atoms with Crippen molar-refractivity contribution in [1.82, 2.24) is 15.2 Å². The second kappa shape index (κ2) is 6.30. The molecule has 6 aliphatic rings. The summed E-state index contributed by atoms with van der Waals surface area (Å²) < 4.78 is 12.7. The summed E-state index contributed by atoms with van der Waals surface area (Å²) in [5.74, 6) is 0.786. The highest BCUT2D eigenvalue weighted by molar-refractivity contribution is 6.07. The first kappa shape index (κ1) is 21.5. The first-order chi connectivity index (χ1) is 16.6. The maximum atomic E-state index is 14.3. The molecule has 1 aliphatic carbocycles. The normalized spacial score (nSPS) is 35.3. The number of hydrogen-bond donors (Lipinski definition) is 2. The Kier molecular flexibility index (Phi) is 3.87. The van der Waals surface area contributed by atoms with Crippen LogP contribution in [0.25, 0.3) is 17.0 Å². The number of rotatable bonds is 2. The molecule has 1 aromatic heterocycles. The largest absolute Gasteiger partial charge is 0.483 e. The topological polar surface area (TPSA) is 83.7 Å². The maximum Gasteiger partial charge on any atom is 0.252 e. The minimum atomic E-state index is -1.10. The van der Waals surface area contributed by atoms with E-state index in [0.29, 0.717) is 19.6 Å². The van der Waals surface area contributed by atoms with Gasteiger partial charge in [-0.1, -0.05) is 13.8 Å². The van der Waals surface area contributed by atoms with Crippen LogP contribution in [0.4, 0.5) is 0 Å². The molecule has 2 bridgehead atoms. The monoisotopic (exact) mass is 475 g/mol. The minimum Gasteiger partial charge on any atom is -0.483 e. The molecule has 0 unspecified atom stereocenters. The van der Waals surface area contributed by atoms with E-state index in [4.69, 9.17) is 9.47 Å². The van der Waals surface area contributed by atoms with E-state index in [1.54, 1.807) is 0 Å². The Morgan fingerprint density at radius 1 is 1.20 bits per heavy atom. The van der Waals surface area contributed by atoms with E-state index in [1.807, 2.05) is 31.7 Å². The van der Waals surface area contributed by atoms with Gasteiger partial charge in [-0.2, -0.15) is 0 Å². The van der Waals surface area contributed by atoms with Crippen LogP contribution in [-0.4, -0.2) is 51.5 Å². The summed E-state index contributed by atoms with van der Waals surface area (Å²) in [7, 11) is 0. The third-order valence-corrected chi connectivity index (χ3v) is 9.49. The molecule has 2 amide bonds. The SMILES string of the molecule is CCO[C@H]1c2c([nH]c3c4c(ccc23)OC(C)(C)C=C4)C(C)(C)[C@@H]2C[C@]34CCCN3C(=O)[C@]12NC4=O. The number of piperazine rings is 1. The average Bonchev–Trinajstić information content (AvgIpc) is 3.40. The first-order valence-electron chi connectivity index (χ1n) is 12.9. The van der Waals surface area contributed by atoms with Crippen molar-refractivity contribution in [3.8, 4) is 5.75 Å². The third-order valence-electron chi connectivity index (χ3n) is 9.49. The molecule has 0 radical (unpaired) electrons. The second-order valence-corrected chi connectivity index (χ2v) is 12.1. The molecule has 35 heavy (non-hydrogen) atoms. The number of aromatic nitrogens is 1.